The molecule has 0 saturated carbocycles. The van der Waals surface area contributed by atoms with Gasteiger partial charge in [-0.3, -0.25) is 0 Å². The van der Waals surface area contributed by atoms with Crippen LogP contribution < -0.4 is 5.32 Å². The topological polar surface area (TPSA) is 32.3 Å². The molecule has 0 aromatic heterocycles. The molecule has 0 bridgehead atoms. The highest BCUT2D eigenvalue weighted by molar-refractivity contribution is 5.47. The van der Waals surface area contributed by atoms with E-state index in [4.69, 9.17) is 5.11 Å². The van der Waals surface area contributed by atoms with Gasteiger partial charge in [0.05, 0.1) is 0 Å². The van der Waals surface area contributed by atoms with Gasteiger partial charge in [0.15, 0.2) is 11.6 Å². The third-order valence-corrected chi connectivity index (χ3v) is 2.74. The Morgan fingerprint density at radius 2 is 1.89 bits per heavy atom. The highest BCUT2D eigenvalue weighted by Crippen LogP contribution is 2.20. The van der Waals surface area contributed by atoms with Crippen LogP contribution in [-0.4, -0.2) is 5.11 Å². The molecule has 2 aromatic carbocycles. The molecule has 0 aliphatic carbocycles. The lowest BCUT2D eigenvalue weighted by Crippen LogP contribution is -2.02. The van der Waals surface area contributed by atoms with Gasteiger partial charge in [0, 0.05) is 18.3 Å². The van der Waals surface area contributed by atoms with Crippen molar-refractivity contribution >= 4 is 5.69 Å². The summed E-state index contributed by atoms with van der Waals surface area (Å²) < 4.78 is 26.2. The van der Waals surface area contributed by atoms with E-state index in [9.17, 15) is 8.78 Å². The zero-order valence-electron chi connectivity index (χ0n) is 9.87. The van der Waals surface area contributed by atoms with Crippen molar-refractivity contribution in [1.29, 1.82) is 0 Å². The first-order chi connectivity index (χ1) is 8.56. The van der Waals surface area contributed by atoms with Gasteiger partial charge >= 0.3 is 0 Å². The van der Waals surface area contributed by atoms with Crippen LogP contribution in [0.25, 0.3) is 0 Å². The van der Waals surface area contributed by atoms with Crippen molar-refractivity contribution in [3.63, 3.8) is 0 Å². The number of hydrogen-bond acceptors (Lipinski definition) is 2. The summed E-state index contributed by atoms with van der Waals surface area (Å²) in [5.74, 6) is -1.37. The van der Waals surface area contributed by atoms with Crippen molar-refractivity contribution in [1.82, 2.24) is 0 Å². The average molecular weight is 249 g/mol. The highest BCUT2D eigenvalue weighted by Gasteiger charge is 2.03. The molecule has 2 aromatic rings. The molecule has 2 rings (SSSR count). The average Bonchev–Trinajstić information content (AvgIpc) is 2.34. The molecule has 0 aliphatic heterocycles. The number of aryl methyl sites for hydroxylation is 1. The standard InChI is InChI=1S/C14H13F2NO/c1-9-2-3-11(15)6-10(9)8-17-12-4-5-14(18)13(16)7-12/h2-7,17-18H,8H2,1H3. The summed E-state index contributed by atoms with van der Waals surface area (Å²) >= 11 is 0. The van der Waals surface area contributed by atoms with Gasteiger partial charge in [0.2, 0.25) is 0 Å². The quantitative estimate of drug-likeness (QED) is 0.815. The van der Waals surface area contributed by atoms with E-state index in [1.165, 1.54) is 24.3 Å². The molecule has 0 amide bonds. The largest absolute Gasteiger partial charge is 0.505 e. The fraction of sp³-hybridized carbons (Fsp3) is 0.143. The first-order valence-corrected chi connectivity index (χ1v) is 5.53. The van der Waals surface area contributed by atoms with Gasteiger partial charge in [-0.05, 0) is 42.3 Å². The predicted molar refractivity (Wildman–Crippen MR) is 66.5 cm³/mol. The van der Waals surface area contributed by atoms with E-state index in [-0.39, 0.29) is 11.6 Å². The molecular formula is C14H13F2NO. The molecule has 0 fully saturated rings. The Bertz CT molecular complexity index is 570. The van der Waals surface area contributed by atoms with E-state index in [2.05, 4.69) is 5.32 Å². The molecule has 18 heavy (non-hydrogen) atoms. The second-order valence-electron chi connectivity index (χ2n) is 4.09. The summed E-state index contributed by atoms with van der Waals surface area (Å²) in [5.41, 5.74) is 2.31. The number of phenolic OH excluding ortho intramolecular Hbond substituents is 1. The smallest absolute Gasteiger partial charge is 0.166 e. The highest BCUT2D eigenvalue weighted by atomic mass is 19.1. The Labute approximate surface area is 104 Å². The van der Waals surface area contributed by atoms with Crippen LogP contribution in [0.4, 0.5) is 14.5 Å². The minimum Gasteiger partial charge on any atom is -0.505 e. The summed E-state index contributed by atoms with van der Waals surface area (Å²) in [6, 6.07) is 8.58. The third kappa shape index (κ3) is 2.77. The monoisotopic (exact) mass is 249 g/mol. The molecule has 0 unspecified atom stereocenters. The maximum absolute atomic E-state index is 13.1. The fourth-order valence-electron chi connectivity index (χ4n) is 1.64. The zero-order chi connectivity index (χ0) is 13.1. The summed E-state index contributed by atoms with van der Waals surface area (Å²) in [5, 5.41) is 12.0. The first kappa shape index (κ1) is 12.4. The maximum Gasteiger partial charge on any atom is 0.166 e. The van der Waals surface area contributed by atoms with Crippen molar-refractivity contribution < 1.29 is 13.9 Å². The molecule has 4 heteroatoms. The van der Waals surface area contributed by atoms with Crippen LogP contribution in [0.15, 0.2) is 36.4 Å². The summed E-state index contributed by atoms with van der Waals surface area (Å²) in [6.45, 7) is 2.28. The minimum atomic E-state index is -0.684. The van der Waals surface area contributed by atoms with E-state index in [0.29, 0.717) is 12.2 Å². The molecule has 2 N–H and O–H groups in total. The minimum absolute atomic E-state index is 0.297. The zero-order valence-corrected chi connectivity index (χ0v) is 9.87. The van der Waals surface area contributed by atoms with Crippen molar-refractivity contribution in [3.05, 3.63) is 59.2 Å². The van der Waals surface area contributed by atoms with Gasteiger partial charge < -0.3 is 10.4 Å². The third-order valence-electron chi connectivity index (χ3n) is 2.74. The first-order valence-electron chi connectivity index (χ1n) is 5.53. The molecule has 0 heterocycles. The Morgan fingerprint density at radius 1 is 1.11 bits per heavy atom. The van der Waals surface area contributed by atoms with Gasteiger partial charge in [-0.1, -0.05) is 6.07 Å². The fourth-order valence-corrected chi connectivity index (χ4v) is 1.64. The number of anilines is 1. The normalized spacial score (nSPS) is 10.4. The SMILES string of the molecule is Cc1ccc(F)cc1CNc1ccc(O)c(F)c1. The van der Waals surface area contributed by atoms with E-state index in [1.54, 1.807) is 12.1 Å². The molecule has 0 spiro atoms. The molecule has 0 atom stereocenters. The van der Waals surface area contributed by atoms with Crippen LogP contribution in [0.2, 0.25) is 0 Å². The summed E-state index contributed by atoms with van der Waals surface area (Å²) in [7, 11) is 0. The Kier molecular flexibility index (Phi) is 3.46. The van der Waals surface area contributed by atoms with Gasteiger partial charge in [0.1, 0.15) is 5.82 Å². The number of nitrogens with one attached hydrogen (secondary N) is 1. The van der Waals surface area contributed by atoms with E-state index >= 15 is 0 Å². The van der Waals surface area contributed by atoms with Crippen LogP contribution in [-0.2, 0) is 6.54 Å². The number of phenols is 1. The van der Waals surface area contributed by atoms with E-state index in [1.807, 2.05) is 6.92 Å². The molecule has 0 saturated heterocycles. The summed E-state index contributed by atoms with van der Waals surface area (Å²) in [4.78, 5) is 0. The van der Waals surface area contributed by atoms with Crippen molar-refractivity contribution in [2.24, 2.45) is 0 Å². The molecule has 0 radical (unpaired) electrons. The summed E-state index contributed by atoms with van der Waals surface area (Å²) in [6.07, 6.45) is 0. The molecule has 94 valence electrons. The van der Waals surface area contributed by atoms with Gasteiger partial charge in [-0.15, -0.1) is 0 Å². The van der Waals surface area contributed by atoms with Gasteiger partial charge in [-0.2, -0.15) is 0 Å². The van der Waals surface area contributed by atoms with Crippen molar-refractivity contribution in [3.8, 4) is 5.75 Å². The van der Waals surface area contributed by atoms with Crippen molar-refractivity contribution in [2.45, 2.75) is 13.5 Å². The van der Waals surface area contributed by atoms with Crippen LogP contribution >= 0.6 is 0 Å². The second-order valence-corrected chi connectivity index (χ2v) is 4.09. The number of halogens is 2. The maximum atomic E-state index is 13.1. The van der Waals surface area contributed by atoms with Gasteiger partial charge in [-0.25, -0.2) is 8.78 Å². The number of hydrogen-bond donors (Lipinski definition) is 2. The van der Waals surface area contributed by atoms with E-state index in [0.717, 1.165) is 11.1 Å². The Hall–Kier alpha value is -2.10. The van der Waals surface area contributed by atoms with Crippen molar-refractivity contribution in [2.75, 3.05) is 5.32 Å². The Balaban J connectivity index is 2.11. The molecular weight excluding hydrogens is 236 g/mol. The second kappa shape index (κ2) is 5.04. The molecule has 0 aliphatic rings. The number of aromatic hydroxyl groups is 1. The molecule has 2 nitrogen and oxygen atoms in total. The lowest BCUT2D eigenvalue weighted by atomic mass is 10.1. The van der Waals surface area contributed by atoms with Crippen LogP contribution in [0, 0.1) is 18.6 Å². The van der Waals surface area contributed by atoms with Crippen LogP contribution in [0.3, 0.4) is 0 Å². The van der Waals surface area contributed by atoms with Crippen LogP contribution in [0.1, 0.15) is 11.1 Å². The number of benzene rings is 2. The Morgan fingerprint density at radius 3 is 2.61 bits per heavy atom. The predicted octanol–water partition coefficient (Wildman–Crippen LogP) is 3.59. The lowest BCUT2D eigenvalue weighted by Gasteiger charge is -2.09. The van der Waals surface area contributed by atoms with Gasteiger partial charge in [0.25, 0.3) is 0 Å². The number of rotatable bonds is 3. The van der Waals surface area contributed by atoms with Crippen LogP contribution in [0.5, 0.6) is 5.75 Å². The van der Waals surface area contributed by atoms with E-state index < -0.39 is 5.82 Å². The lowest BCUT2D eigenvalue weighted by molar-refractivity contribution is 0.432.